The van der Waals surface area contributed by atoms with Gasteiger partial charge in [0.25, 0.3) is 0 Å². The van der Waals surface area contributed by atoms with Gasteiger partial charge in [0.05, 0.1) is 5.69 Å². The first kappa shape index (κ1) is 13.0. The van der Waals surface area contributed by atoms with Gasteiger partial charge in [-0.05, 0) is 38.5 Å². The van der Waals surface area contributed by atoms with Crippen LogP contribution in [0.15, 0.2) is 28.0 Å². The quantitative estimate of drug-likeness (QED) is 0.824. The van der Waals surface area contributed by atoms with Crippen molar-refractivity contribution in [1.82, 2.24) is 25.2 Å². The zero-order valence-electron chi connectivity index (χ0n) is 9.02. The molecule has 0 radical (unpaired) electrons. The third-order valence-electron chi connectivity index (χ3n) is 1.92. The van der Waals surface area contributed by atoms with E-state index < -0.39 is 5.97 Å². The lowest BCUT2D eigenvalue weighted by Crippen LogP contribution is -2.11. The van der Waals surface area contributed by atoms with E-state index in [1.807, 2.05) is 12.1 Å². The summed E-state index contributed by atoms with van der Waals surface area (Å²) in [5, 5.41) is 20.0. The van der Waals surface area contributed by atoms with Crippen LogP contribution in [0, 0.1) is 0 Å². The first-order valence-corrected chi connectivity index (χ1v) is 6.64. The van der Waals surface area contributed by atoms with Gasteiger partial charge in [-0.2, -0.15) is 0 Å². The fourth-order valence-electron chi connectivity index (χ4n) is 1.16. The van der Waals surface area contributed by atoms with Crippen molar-refractivity contribution in [3.8, 4) is 0 Å². The Bertz CT molecular complexity index is 544. The molecule has 0 atom stereocenters. The fourth-order valence-corrected chi connectivity index (χ4v) is 2.18. The van der Waals surface area contributed by atoms with Gasteiger partial charge in [-0.15, -0.1) is 5.10 Å². The molecule has 0 spiro atoms. The third-order valence-corrected chi connectivity index (χ3v) is 3.38. The number of rotatable bonds is 5. The van der Waals surface area contributed by atoms with Gasteiger partial charge < -0.3 is 5.11 Å². The summed E-state index contributed by atoms with van der Waals surface area (Å²) in [6.07, 6.45) is 1.70. The van der Waals surface area contributed by atoms with E-state index >= 15 is 0 Å². The number of hydrogen-bond acceptors (Lipinski definition) is 6. The molecule has 0 unspecified atom stereocenters. The van der Waals surface area contributed by atoms with E-state index in [1.165, 1.54) is 16.4 Å². The molecule has 7 nitrogen and oxygen atoms in total. The SMILES string of the molecule is O=C(O)Cn1nnnc1SCc1ccc(Br)cn1. The number of carbonyl (C=O) groups is 1. The van der Waals surface area contributed by atoms with Crippen LogP contribution in [-0.2, 0) is 17.1 Å². The molecule has 0 aliphatic carbocycles. The number of tetrazole rings is 1. The smallest absolute Gasteiger partial charge is 0.325 e. The summed E-state index contributed by atoms with van der Waals surface area (Å²) in [7, 11) is 0. The van der Waals surface area contributed by atoms with E-state index in [1.54, 1.807) is 6.20 Å². The lowest BCUT2D eigenvalue weighted by atomic mass is 10.4. The normalized spacial score (nSPS) is 10.5. The van der Waals surface area contributed by atoms with Crippen molar-refractivity contribution in [2.75, 3.05) is 0 Å². The van der Waals surface area contributed by atoms with Crippen molar-refractivity contribution in [2.45, 2.75) is 17.5 Å². The Morgan fingerprint density at radius 2 is 2.33 bits per heavy atom. The van der Waals surface area contributed by atoms with Crippen LogP contribution in [0.25, 0.3) is 0 Å². The van der Waals surface area contributed by atoms with Gasteiger partial charge in [-0.1, -0.05) is 11.8 Å². The van der Waals surface area contributed by atoms with Gasteiger partial charge in [0.2, 0.25) is 5.16 Å². The molecule has 1 N–H and O–H groups in total. The van der Waals surface area contributed by atoms with Crippen molar-refractivity contribution in [2.24, 2.45) is 0 Å². The monoisotopic (exact) mass is 329 g/mol. The molecular weight excluding hydrogens is 322 g/mol. The standard InChI is InChI=1S/C9H8BrN5O2S/c10-6-1-2-7(11-3-6)5-18-9-12-13-14-15(9)4-8(16)17/h1-3H,4-5H2,(H,16,17). The molecule has 0 saturated heterocycles. The Hall–Kier alpha value is -1.48. The summed E-state index contributed by atoms with van der Waals surface area (Å²) >= 11 is 4.64. The highest BCUT2D eigenvalue weighted by Gasteiger charge is 2.10. The van der Waals surface area contributed by atoms with Gasteiger partial charge in [0.15, 0.2) is 0 Å². The van der Waals surface area contributed by atoms with E-state index in [0.717, 1.165) is 10.2 Å². The molecule has 0 bridgehead atoms. The molecule has 0 saturated carbocycles. The van der Waals surface area contributed by atoms with Crippen molar-refractivity contribution >= 4 is 33.7 Å². The van der Waals surface area contributed by atoms with E-state index in [-0.39, 0.29) is 6.54 Å². The van der Waals surface area contributed by atoms with Gasteiger partial charge in [-0.25, -0.2) is 4.68 Å². The summed E-state index contributed by atoms with van der Waals surface area (Å²) in [6, 6.07) is 3.77. The molecule has 2 rings (SSSR count). The summed E-state index contributed by atoms with van der Waals surface area (Å²) in [6.45, 7) is -0.247. The van der Waals surface area contributed by atoms with Crippen LogP contribution in [0.4, 0.5) is 0 Å². The molecule has 0 aromatic carbocycles. The second kappa shape index (κ2) is 5.91. The molecule has 2 heterocycles. The number of aromatic nitrogens is 5. The Balaban J connectivity index is 1.99. The van der Waals surface area contributed by atoms with E-state index in [0.29, 0.717) is 10.9 Å². The number of thioether (sulfide) groups is 1. The van der Waals surface area contributed by atoms with Gasteiger partial charge in [0, 0.05) is 16.4 Å². The number of carboxylic acids is 1. The largest absolute Gasteiger partial charge is 0.480 e. The third kappa shape index (κ3) is 3.50. The molecule has 18 heavy (non-hydrogen) atoms. The Morgan fingerprint density at radius 1 is 1.50 bits per heavy atom. The van der Waals surface area contributed by atoms with Crippen LogP contribution < -0.4 is 0 Å². The van der Waals surface area contributed by atoms with Crippen LogP contribution in [0.5, 0.6) is 0 Å². The molecule has 0 fully saturated rings. The van der Waals surface area contributed by atoms with Crippen molar-refractivity contribution in [3.63, 3.8) is 0 Å². The second-order valence-corrected chi connectivity index (χ2v) is 5.13. The maximum Gasteiger partial charge on any atom is 0.325 e. The fraction of sp³-hybridized carbons (Fsp3) is 0.222. The summed E-state index contributed by atoms with van der Waals surface area (Å²) in [5.74, 6) is -0.404. The topological polar surface area (TPSA) is 93.8 Å². The Kier molecular flexibility index (Phi) is 4.26. The highest BCUT2D eigenvalue weighted by molar-refractivity contribution is 9.10. The van der Waals surface area contributed by atoms with E-state index in [9.17, 15) is 4.79 Å². The minimum atomic E-state index is -0.981. The summed E-state index contributed by atoms with van der Waals surface area (Å²) in [5.41, 5.74) is 0.869. The maximum atomic E-state index is 10.6. The number of hydrogen-bond donors (Lipinski definition) is 1. The Labute approximate surface area is 115 Å². The summed E-state index contributed by atoms with van der Waals surface area (Å²) < 4.78 is 2.15. The molecular formula is C9H8BrN5O2S. The van der Waals surface area contributed by atoms with Gasteiger partial charge in [-0.3, -0.25) is 9.78 Å². The van der Waals surface area contributed by atoms with Crippen molar-refractivity contribution in [3.05, 3.63) is 28.5 Å². The average molecular weight is 330 g/mol. The van der Waals surface area contributed by atoms with Crippen LogP contribution in [0.1, 0.15) is 5.69 Å². The minimum absolute atomic E-state index is 0.247. The minimum Gasteiger partial charge on any atom is -0.480 e. The number of carboxylic acid groups (broad SMARTS) is 1. The molecule has 2 aromatic rings. The zero-order valence-corrected chi connectivity index (χ0v) is 11.4. The zero-order chi connectivity index (χ0) is 13.0. The highest BCUT2D eigenvalue weighted by Crippen LogP contribution is 2.19. The van der Waals surface area contributed by atoms with Crippen molar-refractivity contribution < 1.29 is 9.90 Å². The molecule has 9 heteroatoms. The summed E-state index contributed by atoms with van der Waals surface area (Å²) in [4.78, 5) is 14.8. The van der Waals surface area contributed by atoms with Crippen LogP contribution in [0.3, 0.4) is 0 Å². The highest BCUT2D eigenvalue weighted by atomic mass is 79.9. The lowest BCUT2D eigenvalue weighted by Gasteiger charge is -2.01. The molecule has 0 aliphatic rings. The molecule has 94 valence electrons. The van der Waals surface area contributed by atoms with Crippen LogP contribution in [0.2, 0.25) is 0 Å². The van der Waals surface area contributed by atoms with Gasteiger partial charge in [0.1, 0.15) is 6.54 Å². The number of nitrogens with zero attached hydrogens (tertiary/aromatic N) is 5. The average Bonchev–Trinajstić information content (AvgIpc) is 2.75. The van der Waals surface area contributed by atoms with Crippen LogP contribution in [-0.4, -0.2) is 36.3 Å². The molecule has 2 aromatic heterocycles. The Morgan fingerprint density at radius 3 is 3.00 bits per heavy atom. The predicted octanol–water partition coefficient (Wildman–Crippen LogP) is 1.21. The van der Waals surface area contributed by atoms with Gasteiger partial charge >= 0.3 is 5.97 Å². The second-order valence-electron chi connectivity index (χ2n) is 3.27. The van der Waals surface area contributed by atoms with E-state index in [4.69, 9.17) is 5.11 Å². The number of halogens is 1. The van der Waals surface area contributed by atoms with Crippen LogP contribution >= 0.6 is 27.7 Å². The van der Waals surface area contributed by atoms with Crippen molar-refractivity contribution in [1.29, 1.82) is 0 Å². The first-order chi connectivity index (χ1) is 8.65. The lowest BCUT2D eigenvalue weighted by molar-refractivity contribution is -0.138. The maximum absolute atomic E-state index is 10.6. The number of aliphatic carboxylic acids is 1. The molecule has 0 aliphatic heterocycles. The van der Waals surface area contributed by atoms with E-state index in [2.05, 4.69) is 36.4 Å². The predicted molar refractivity (Wildman–Crippen MR) is 67.0 cm³/mol. The number of pyridine rings is 1. The first-order valence-electron chi connectivity index (χ1n) is 4.86. The molecule has 0 amide bonds.